The van der Waals surface area contributed by atoms with Crippen molar-refractivity contribution in [2.75, 3.05) is 33.3 Å². The summed E-state index contributed by atoms with van der Waals surface area (Å²) in [6, 6.07) is 30.3. The van der Waals surface area contributed by atoms with Gasteiger partial charge in [0.15, 0.2) is 0 Å². The molecule has 2 aliphatic heterocycles. The number of aromatic amines is 2. The highest BCUT2D eigenvalue weighted by Gasteiger charge is 2.39. The highest BCUT2D eigenvalue weighted by Crippen LogP contribution is 2.37. The molecule has 3 amide bonds. The first-order valence-electron chi connectivity index (χ1n) is 21.1. The van der Waals surface area contributed by atoms with Crippen molar-refractivity contribution in [1.82, 2.24) is 40.0 Å². The van der Waals surface area contributed by atoms with E-state index >= 15 is 4.39 Å². The molecular formula is C48H51FN8O4. The van der Waals surface area contributed by atoms with Gasteiger partial charge in [-0.05, 0) is 78.7 Å². The molecule has 2 aromatic heterocycles. The Morgan fingerprint density at radius 3 is 1.87 bits per heavy atom. The van der Waals surface area contributed by atoms with Crippen molar-refractivity contribution in [2.45, 2.75) is 63.7 Å². The highest BCUT2D eigenvalue weighted by molar-refractivity contribution is 5.87. The van der Waals surface area contributed by atoms with Crippen molar-refractivity contribution in [2.24, 2.45) is 0 Å². The summed E-state index contributed by atoms with van der Waals surface area (Å²) >= 11 is 0. The molecule has 4 aromatic carbocycles. The summed E-state index contributed by atoms with van der Waals surface area (Å²) in [5, 5.41) is 2.68. The number of carbonyl (C=O) groups excluding carboxylic acids is 3. The van der Waals surface area contributed by atoms with E-state index in [1.54, 1.807) is 29.3 Å². The summed E-state index contributed by atoms with van der Waals surface area (Å²) in [5.74, 6) is 0.737. The fourth-order valence-corrected chi connectivity index (χ4v) is 8.85. The van der Waals surface area contributed by atoms with Crippen LogP contribution in [-0.4, -0.2) is 85.8 Å². The maximum Gasteiger partial charge on any atom is 0.407 e. The molecule has 13 heteroatoms. The molecule has 6 aromatic rings. The van der Waals surface area contributed by atoms with Crippen LogP contribution in [0.2, 0.25) is 0 Å². The van der Waals surface area contributed by atoms with Gasteiger partial charge in [-0.2, -0.15) is 0 Å². The lowest BCUT2D eigenvalue weighted by Crippen LogP contribution is -2.43. The van der Waals surface area contributed by atoms with Crippen LogP contribution in [-0.2, 0) is 14.3 Å². The molecule has 0 bridgehead atoms. The Kier molecular flexibility index (Phi) is 12.4. The number of aromatic nitrogens is 4. The van der Waals surface area contributed by atoms with E-state index < -0.39 is 18.0 Å². The van der Waals surface area contributed by atoms with Gasteiger partial charge in [-0.15, -0.1) is 0 Å². The molecule has 4 heterocycles. The van der Waals surface area contributed by atoms with Crippen LogP contribution in [0.15, 0.2) is 116 Å². The van der Waals surface area contributed by atoms with Crippen LogP contribution < -0.4 is 5.32 Å². The zero-order valence-electron chi connectivity index (χ0n) is 34.7. The number of nitrogens with zero attached hydrogens (tertiary/aromatic N) is 5. The SMILES string of the molecule is CCN(CC)[C@@H](C(=O)N1CCC[C@H]1c1ncc(-c2ccc(-c3ccc(-c4cnc([C@@H]5CCCN5C(=O)[C@H](NC(=O)OC)c5ccccc5)[nH]4)c(F)c3)cc2)[nH]1)c1ccccc1. The predicted octanol–water partition coefficient (Wildman–Crippen LogP) is 8.78. The van der Waals surface area contributed by atoms with Gasteiger partial charge in [0.1, 0.15) is 29.5 Å². The minimum absolute atomic E-state index is 0.0990. The number of methoxy groups -OCH3 is 1. The van der Waals surface area contributed by atoms with Gasteiger partial charge in [0, 0.05) is 18.7 Å². The first-order valence-corrected chi connectivity index (χ1v) is 21.1. The number of hydrogen-bond donors (Lipinski definition) is 3. The first-order chi connectivity index (χ1) is 29.8. The minimum Gasteiger partial charge on any atom is -0.453 e. The Balaban J connectivity index is 0.950. The monoisotopic (exact) mass is 822 g/mol. The van der Waals surface area contributed by atoms with E-state index in [4.69, 9.17) is 9.72 Å². The highest BCUT2D eigenvalue weighted by atomic mass is 19.1. The second kappa shape index (κ2) is 18.3. The van der Waals surface area contributed by atoms with Gasteiger partial charge in [-0.3, -0.25) is 14.5 Å². The van der Waals surface area contributed by atoms with Gasteiger partial charge in [-0.1, -0.05) is 105 Å². The van der Waals surface area contributed by atoms with Crippen LogP contribution in [0.1, 0.15) is 86.5 Å². The summed E-state index contributed by atoms with van der Waals surface area (Å²) in [7, 11) is 1.26. The molecule has 3 N–H and O–H groups in total. The Bertz CT molecular complexity index is 2450. The molecule has 61 heavy (non-hydrogen) atoms. The first kappa shape index (κ1) is 41.1. The van der Waals surface area contributed by atoms with Crippen LogP contribution in [0.5, 0.6) is 0 Å². The van der Waals surface area contributed by atoms with Gasteiger partial charge in [0.2, 0.25) is 5.91 Å². The smallest absolute Gasteiger partial charge is 0.407 e. The Labute approximate surface area is 355 Å². The number of benzene rings is 4. The molecule has 0 spiro atoms. The van der Waals surface area contributed by atoms with Crippen molar-refractivity contribution in [3.63, 3.8) is 0 Å². The van der Waals surface area contributed by atoms with E-state index in [2.05, 4.69) is 39.0 Å². The normalized spacial score (nSPS) is 17.4. The lowest BCUT2D eigenvalue weighted by Gasteiger charge is -2.34. The van der Waals surface area contributed by atoms with E-state index in [1.165, 1.54) is 13.2 Å². The van der Waals surface area contributed by atoms with Gasteiger partial charge in [-0.25, -0.2) is 19.2 Å². The molecule has 0 saturated carbocycles. The third-order valence-corrected chi connectivity index (χ3v) is 12.0. The van der Waals surface area contributed by atoms with Crippen molar-refractivity contribution < 1.29 is 23.5 Å². The number of amides is 3. The van der Waals surface area contributed by atoms with Crippen LogP contribution in [0, 0.1) is 5.82 Å². The lowest BCUT2D eigenvalue weighted by molar-refractivity contribution is -0.138. The van der Waals surface area contributed by atoms with E-state index in [0.717, 1.165) is 66.1 Å². The van der Waals surface area contributed by atoms with Crippen LogP contribution in [0.4, 0.5) is 9.18 Å². The number of alkyl carbamates (subject to hydrolysis) is 1. The topological polar surface area (TPSA) is 140 Å². The summed E-state index contributed by atoms with van der Waals surface area (Å²) < 4.78 is 20.7. The van der Waals surface area contributed by atoms with Gasteiger partial charge in [0.25, 0.3) is 5.91 Å². The van der Waals surface area contributed by atoms with E-state index in [9.17, 15) is 14.4 Å². The second-order valence-corrected chi connectivity index (χ2v) is 15.5. The zero-order valence-corrected chi connectivity index (χ0v) is 34.7. The van der Waals surface area contributed by atoms with Crippen LogP contribution in [0.3, 0.4) is 0 Å². The van der Waals surface area contributed by atoms with E-state index in [0.29, 0.717) is 42.2 Å². The van der Waals surface area contributed by atoms with E-state index in [-0.39, 0.29) is 29.9 Å². The molecule has 12 nitrogen and oxygen atoms in total. The quantitative estimate of drug-likeness (QED) is 0.106. The van der Waals surface area contributed by atoms with Crippen molar-refractivity contribution in [3.05, 3.63) is 144 Å². The Morgan fingerprint density at radius 2 is 1.28 bits per heavy atom. The third-order valence-electron chi connectivity index (χ3n) is 12.0. The largest absolute Gasteiger partial charge is 0.453 e. The summed E-state index contributed by atoms with van der Waals surface area (Å²) in [4.78, 5) is 62.4. The molecule has 0 radical (unpaired) electrons. The number of ether oxygens (including phenoxy) is 1. The van der Waals surface area contributed by atoms with Gasteiger partial charge < -0.3 is 29.8 Å². The standard InChI is InChI=1S/C48H51FN8O4/c1-4-55(5-2)43(34-16-10-7-11-17-34)47(59)57-27-13-19-41(57)44-50-29-38(52-44)32-22-20-31(21-23-32)35-24-25-36(37(49)28-35)39-30-51-45(53-39)40-18-12-26-56(40)46(58)42(54-48(60)61-3)33-14-8-6-9-15-33/h6-11,14-17,20-25,28-30,40-43H,4-5,12-13,18-19,26-27H2,1-3H3,(H,50,52)(H,51,53)(H,54,60)/t40-,41-,42+,43+/m0/s1. The fraction of sp³-hybridized carbons (Fsp3) is 0.312. The van der Waals surface area contributed by atoms with Crippen LogP contribution in [0.25, 0.3) is 33.6 Å². The van der Waals surface area contributed by atoms with Crippen LogP contribution >= 0.6 is 0 Å². The number of nitrogens with one attached hydrogen (secondary N) is 3. The van der Waals surface area contributed by atoms with Crippen molar-refractivity contribution >= 4 is 17.9 Å². The summed E-state index contributed by atoms with van der Waals surface area (Å²) in [5.41, 5.74) is 5.85. The number of likely N-dealkylation sites (tertiary alicyclic amines) is 2. The summed E-state index contributed by atoms with van der Waals surface area (Å²) in [6.07, 6.45) is 5.87. The molecule has 0 aliphatic carbocycles. The number of H-pyrrole nitrogens is 2. The number of hydrogen-bond acceptors (Lipinski definition) is 7. The Hall–Kier alpha value is -6.60. The number of halogens is 1. The number of likely N-dealkylation sites (N-methyl/N-ethyl adjacent to an activating group) is 1. The predicted molar refractivity (Wildman–Crippen MR) is 231 cm³/mol. The lowest BCUT2D eigenvalue weighted by atomic mass is 10.0. The van der Waals surface area contributed by atoms with Crippen molar-refractivity contribution in [1.29, 1.82) is 0 Å². The summed E-state index contributed by atoms with van der Waals surface area (Å²) in [6.45, 7) is 6.89. The zero-order chi connectivity index (χ0) is 42.5. The Morgan fingerprint density at radius 1 is 0.738 bits per heavy atom. The fourth-order valence-electron chi connectivity index (χ4n) is 8.85. The van der Waals surface area contributed by atoms with E-state index in [1.807, 2.05) is 90.0 Å². The average Bonchev–Trinajstić information content (AvgIpc) is 4.15. The van der Waals surface area contributed by atoms with Gasteiger partial charge >= 0.3 is 6.09 Å². The molecule has 4 atom stereocenters. The molecule has 0 unspecified atom stereocenters. The molecule has 2 fully saturated rings. The molecule has 2 saturated heterocycles. The number of imidazole rings is 2. The second-order valence-electron chi connectivity index (χ2n) is 15.5. The minimum atomic E-state index is -0.934. The molecule has 2 aliphatic rings. The maximum absolute atomic E-state index is 15.9. The molecular weight excluding hydrogens is 772 g/mol. The van der Waals surface area contributed by atoms with Gasteiger partial charge in [0.05, 0.1) is 43.0 Å². The average molecular weight is 823 g/mol. The third kappa shape index (κ3) is 8.56. The number of carbonyl (C=O) groups is 3. The molecule has 314 valence electrons. The molecule has 8 rings (SSSR count). The number of rotatable bonds is 13. The van der Waals surface area contributed by atoms with Crippen molar-refractivity contribution in [3.8, 4) is 33.6 Å². The maximum atomic E-state index is 15.9.